The Kier molecular flexibility index (Phi) is 5.26. The van der Waals surface area contributed by atoms with Gasteiger partial charge in [0.1, 0.15) is 0 Å². The molecule has 0 spiro atoms. The summed E-state index contributed by atoms with van der Waals surface area (Å²) in [5, 5.41) is 6.10. The summed E-state index contributed by atoms with van der Waals surface area (Å²) in [5.41, 5.74) is 8.27. The Morgan fingerprint density at radius 2 is 2.30 bits per heavy atom. The van der Waals surface area contributed by atoms with Crippen LogP contribution in [0.15, 0.2) is 29.6 Å². The third-order valence-corrected chi connectivity index (χ3v) is 3.97. The lowest BCUT2D eigenvalue weighted by atomic mass is 10.1. The van der Waals surface area contributed by atoms with Crippen molar-refractivity contribution in [2.45, 2.75) is 26.3 Å². The van der Waals surface area contributed by atoms with E-state index in [1.807, 2.05) is 30.5 Å². The number of rotatable bonds is 6. The summed E-state index contributed by atoms with van der Waals surface area (Å²) in [7, 11) is 0. The van der Waals surface area contributed by atoms with Gasteiger partial charge in [0.15, 0.2) is 0 Å². The first-order chi connectivity index (χ1) is 9.69. The largest absolute Gasteiger partial charge is 0.352 e. The number of thiazole rings is 1. The molecule has 2 rings (SSSR count). The number of aromatic nitrogens is 1. The van der Waals surface area contributed by atoms with E-state index in [1.54, 1.807) is 17.4 Å². The van der Waals surface area contributed by atoms with Crippen molar-refractivity contribution in [1.29, 1.82) is 0 Å². The quantitative estimate of drug-likeness (QED) is 0.802. The molecule has 1 heterocycles. The number of nitrogens with two attached hydrogens (primary N) is 1. The molecule has 0 saturated carbocycles. The minimum atomic E-state index is -0.0457. The zero-order chi connectivity index (χ0) is 14.4. The third kappa shape index (κ3) is 4.15. The van der Waals surface area contributed by atoms with Crippen molar-refractivity contribution < 1.29 is 4.79 Å². The van der Waals surface area contributed by atoms with Gasteiger partial charge in [-0.1, -0.05) is 12.1 Å². The molecule has 2 aromatic rings. The Morgan fingerprint density at radius 1 is 1.45 bits per heavy atom. The Bertz CT molecular complexity index is 580. The highest BCUT2D eigenvalue weighted by Crippen LogP contribution is 2.10. The smallest absolute Gasteiger partial charge is 0.251 e. The molecule has 1 amide bonds. The van der Waals surface area contributed by atoms with Gasteiger partial charge >= 0.3 is 0 Å². The maximum Gasteiger partial charge on any atom is 0.251 e. The van der Waals surface area contributed by atoms with Crippen LogP contribution in [0.3, 0.4) is 0 Å². The van der Waals surface area contributed by atoms with Crippen LogP contribution in [0, 0.1) is 6.92 Å². The molecular weight excluding hydrogens is 270 g/mol. The van der Waals surface area contributed by atoms with Crippen molar-refractivity contribution >= 4 is 17.2 Å². The molecule has 0 saturated heterocycles. The molecule has 0 aliphatic rings. The van der Waals surface area contributed by atoms with Gasteiger partial charge < -0.3 is 11.1 Å². The molecule has 5 heteroatoms. The Hall–Kier alpha value is -1.72. The zero-order valence-corrected chi connectivity index (χ0v) is 12.4. The van der Waals surface area contributed by atoms with Crippen molar-refractivity contribution in [3.63, 3.8) is 0 Å². The van der Waals surface area contributed by atoms with Crippen LogP contribution in [-0.2, 0) is 13.0 Å². The number of nitrogens with zero attached hydrogens (tertiary/aromatic N) is 1. The highest BCUT2D eigenvalue weighted by atomic mass is 32.1. The number of hydrogen-bond acceptors (Lipinski definition) is 4. The van der Waals surface area contributed by atoms with Crippen molar-refractivity contribution in [3.8, 4) is 0 Å². The normalized spacial score (nSPS) is 10.5. The first-order valence-corrected chi connectivity index (χ1v) is 7.55. The van der Waals surface area contributed by atoms with Crippen molar-refractivity contribution in [2.24, 2.45) is 5.73 Å². The van der Waals surface area contributed by atoms with Gasteiger partial charge in [-0.3, -0.25) is 4.79 Å². The lowest BCUT2D eigenvalue weighted by molar-refractivity contribution is 0.0953. The minimum Gasteiger partial charge on any atom is -0.352 e. The van der Waals surface area contributed by atoms with E-state index in [1.165, 1.54) is 0 Å². The van der Waals surface area contributed by atoms with Crippen molar-refractivity contribution in [3.05, 3.63) is 51.5 Å². The lowest BCUT2D eigenvalue weighted by Crippen LogP contribution is -2.24. The van der Waals surface area contributed by atoms with E-state index in [9.17, 15) is 4.79 Å². The summed E-state index contributed by atoms with van der Waals surface area (Å²) in [6.45, 7) is 3.10. The molecular formula is C15H19N3OS. The fourth-order valence-corrected chi connectivity index (χ4v) is 2.72. The number of hydrogen-bond donors (Lipinski definition) is 2. The van der Waals surface area contributed by atoms with E-state index >= 15 is 0 Å². The molecule has 0 radical (unpaired) electrons. The van der Waals surface area contributed by atoms with Crippen LogP contribution in [-0.4, -0.2) is 17.4 Å². The minimum absolute atomic E-state index is 0.0457. The fourth-order valence-electron chi connectivity index (χ4n) is 1.90. The highest BCUT2D eigenvalue weighted by Gasteiger charge is 2.05. The Labute approximate surface area is 123 Å². The van der Waals surface area contributed by atoms with Gasteiger partial charge in [-0.15, -0.1) is 11.3 Å². The number of carbonyl (C=O) groups excluding carboxylic acids is 1. The number of nitrogens with one attached hydrogen (secondary N) is 1. The maximum absolute atomic E-state index is 12.0. The van der Waals surface area contributed by atoms with Gasteiger partial charge in [0, 0.05) is 36.1 Å². The van der Waals surface area contributed by atoms with Crippen LogP contribution in [0.2, 0.25) is 0 Å². The van der Waals surface area contributed by atoms with Crippen LogP contribution in [0.25, 0.3) is 0 Å². The zero-order valence-electron chi connectivity index (χ0n) is 11.6. The molecule has 106 valence electrons. The van der Waals surface area contributed by atoms with Crippen LogP contribution >= 0.6 is 11.3 Å². The van der Waals surface area contributed by atoms with Gasteiger partial charge in [0.05, 0.1) is 5.01 Å². The van der Waals surface area contributed by atoms with Crippen molar-refractivity contribution in [1.82, 2.24) is 10.3 Å². The topological polar surface area (TPSA) is 68.0 Å². The average Bonchev–Trinajstić information content (AvgIpc) is 2.89. The standard InChI is InChI=1S/C15H19N3OS/c1-11-10-20-14(18-11)6-3-7-17-15(19)13-5-2-4-12(8-13)9-16/h2,4-5,8,10H,3,6-7,9,16H2,1H3,(H,17,19). The highest BCUT2D eigenvalue weighted by molar-refractivity contribution is 7.09. The molecule has 3 N–H and O–H groups in total. The van der Waals surface area contributed by atoms with E-state index in [2.05, 4.69) is 10.3 Å². The summed E-state index contributed by atoms with van der Waals surface area (Å²) >= 11 is 1.67. The van der Waals surface area contributed by atoms with E-state index < -0.39 is 0 Å². The van der Waals surface area contributed by atoms with E-state index in [-0.39, 0.29) is 5.91 Å². The molecule has 0 fully saturated rings. The Morgan fingerprint density at radius 3 is 3.00 bits per heavy atom. The number of amides is 1. The first kappa shape index (κ1) is 14.7. The summed E-state index contributed by atoms with van der Waals surface area (Å²) < 4.78 is 0. The predicted molar refractivity (Wildman–Crippen MR) is 81.8 cm³/mol. The molecule has 0 atom stereocenters. The van der Waals surface area contributed by atoms with Crippen LogP contribution < -0.4 is 11.1 Å². The molecule has 0 aliphatic carbocycles. The summed E-state index contributed by atoms with van der Waals surface area (Å²) in [6, 6.07) is 7.41. The third-order valence-electron chi connectivity index (χ3n) is 2.94. The van der Waals surface area contributed by atoms with Crippen LogP contribution in [0.5, 0.6) is 0 Å². The average molecular weight is 289 g/mol. The van der Waals surface area contributed by atoms with Gasteiger partial charge in [0.2, 0.25) is 0 Å². The maximum atomic E-state index is 12.0. The summed E-state index contributed by atoms with van der Waals surface area (Å²) in [4.78, 5) is 16.4. The second-order valence-corrected chi connectivity index (χ2v) is 5.59. The van der Waals surface area contributed by atoms with Gasteiger partial charge in [0.25, 0.3) is 5.91 Å². The molecule has 0 bridgehead atoms. The molecule has 20 heavy (non-hydrogen) atoms. The SMILES string of the molecule is Cc1csc(CCCNC(=O)c2cccc(CN)c2)n1. The predicted octanol–water partition coefficient (Wildman–Crippen LogP) is 2.27. The second kappa shape index (κ2) is 7.17. The second-order valence-electron chi connectivity index (χ2n) is 4.65. The van der Waals surface area contributed by atoms with Crippen LogP contribution in [0.4, 0.5) is 0 Å². The molecule has 4 nitrogen and oxygen atoms in total. The van der Waals surface area contributed by atoms with Crippen molar-refractivity contribution in [2.75, 3.05) is 6.54 Å². The van der Waals surface area contributed by atoms with E-state index in [0.717, 1.165) is 29.1 Å². The van der Waals surface area contributed by atoms with E-state index in [0.29, 0.717) is 18.7 Å². The molecule has 0 aliphatic heterocycles. The molecule has 0 unspecified atom stereocenters. The summed E-state index contributed by atoms with van der Waals surface area (Å²) in [6.07, 6.45) is 1.80. The fraction of sp³-hybridized carbons (Fsp3) is 0.333. The lowest BCUT2D eigenvalue weighted by Gasteiger charge is -2.05. The van der Waals surface area contributed by atoms with E-state index in [4.69, 9.17) is 5.73 Å². The summed E-state index contributed by atoms with van der Waals surface area (Å²) in [5.74, 6) is -0.0457. The van der Waals surface area contributed by atoms with Gasteiger partial charge in [-0.05, 0) is 31.0 Å². The number of benzene rings is 1. The number of carbonyl (C=O) groups is 1. The Balaban J connectivity index is 1.77. The molecule has 1 aromatic carbocycles. The molecule has 1 aromatic heterocycles. The monoisotopic (exact) mass is 289 g/mol. The first-order valence-electron chi connectivity index (χ1n) is 6.67. The van der Waals surface area contributed by atoms with Gasteiger partial charge in [-0.25, -0.2) is 4.98 Å². The van der Waals surface area contributed by atoms with Crippen LogP contribution in [0.1, 0.15) is 33.0 Å². The number of aryl methyl sites for hydroxylation is 2. The van der Waals surface area contributed by atoms with Gasteiger partial charge in [-0.2, -0.15) is 0 Å².